The van der Waals surface area contributed by atoms with Crippen LogP contribution in [0, 0.1) is 0 Å². The summed E-state index contributed by atoms with van der Waals surface area (Å²) in [4.78, 5) is 8.55. The van der Waals surface area contributed by atoms with Crippen LogP contribution in [0.3, 0.4) is 0 Å². The molecule has 0 aliphatic carbocycles. The Bertz CT molecular complexity index is 459. The lowest BCUT2D eigenvalue weighted by Crippen LogP contribution is -1.96. The maximum Gasteiger partial charge on any atom is 0.141 e. The Hall–Kier alpha value is -1.64. The van der Waals surface area contributed by atoms with Crippen molar-refractivity contribution < 1.29 is 0 Å². The normalized spacial score (nSPS) is 14.3. The molecule has 0 aromatic carbocycles. The zero-order valence-corrected chi connectivity index (χ0v) is 7.85. The van der Waals surface area contributed by atoms with E-state index in [1.807, 2.05) is 24.8 Å². The van der Waals surface area contributed by atoms with Crippen molar-refractivity contribution in [1.29, 1.82) is 0 Å². The van der Waals surface area contributed by atoms with Gasteiger partial charge in [-0.15, -0.1) is 0 Å². The summed E-state index contributed by atoms with van der Waals surface area (Å²) >= 11 is 0. The van der Waals surface area contributed by atoms with Gasteiger partial charge in [0, 0.05) is 36.9 Å². The van der Waals surface area contributed by atoms with E-state index in [-0.39, 0.29) is 0 Å². The highest BCUT2D eigenvalue weighted by molar-refractivity contribution is 5.59. The van der Waals surface area contributed by atoms with E-state index in [4.69, 9.17) is 0 Å². The van der Waals surface area contributed by atoms with Gasteiger partial charge >= 0.3 is 0 Å². The van der Waals surface area contributed by atoms with Crippen LogP contribution in [0.1, 0.15) is 12.0 Å². The van der Waals surface area contributed by atoms with Gasteiger partial charge in [-0.3, -0.25) is 4.98 Å². The molecule has 3 heteroatoms. The second kappa shape index (κ2) is 2.94. The zero-order valence-electron chi connectivity index (χ0n) is 7.85. The molecule has 0 radical (unpaired) electrons. The topological polar surface area (TPSA) is 30.7 Å². The number of aryl methyl sites for hydroxylation is 2. The molecule has 1 aliphatic heterocycles. The fourth-order valence-electron chi connectivity index (χ4n) is 2.02. The maximum atomic E-state index is 4.38. The van der Waals surface area contributed by atoms with Crippen LogP contribution in [0.5, 0.6) is 0 Å². The molecule has 3 heterocycles. The van der Waals surface area contributed by atoms with Gasteiger partial charge in [-0.05, 0) is 24.5 Å². The van der Waals surface area contributed by atoms with Crippen molar-refractivity contribution >= 4 is 0 Å². The monoisotopic (exact) mass is 185 g/mol. The Labute approximate surface area is 82.4 Å². The first-order valence-electron chi connectivity index (χ1n) is 4.89. The first kappa shape index (κ1) is 7.74. The van der Waals surface area contributed by atoms with Crippen LogP contribution in [0.15, 0.2) is 30.9 Å². The molecule has 0 atom stereocenters. The van der Waals surface area contributed by atoms with Crippen molar-refractivity contribution in [1.82, 2.24) is 14.5 Å². The molecular weight excluding hydrogens is 174 g/mol. The van der Waals surface area contributed by atoms with Gasteiger partial charge in [0.15, 0.2) is 0 Å². The largest absolute Gasteiger partial charge is 0.331 e. The van der Waals surface area contributed by atoms with E-state index in [1.54, 1.807) is 0 Å². The molecule has 0 fully saturated rings. The molecule has 3 rings (SSSR count). The van der Waals surface area contributed by atoms with Gasteiger partial charge < -0.3 is 4.57 Å². The summed E-state index contributed by atoms with van der Waals surface area (Å²) < 4.78 is 2.20. The van der Waals surface area contributed by atoms with Crippen molar-refractivity contribution in [2.75, 3.05) is 0 Å². The number of nitrogens with zero attached hydrogens (tertiary/aromatic N) is 3. The third-order valence-corrected chi connectivity index (χ3v) is 2.71. The van der Waals surface area contributed by atoms with Gasteiger partial charge in [-0.1, -0.05) is 0 Å². The van der Waals surface area contributed by atoms with Crippen molar-refractivity contribution in [2.45, 2.75) is 19.4 Å². The van der Waals surface area contributed by atoms with Crippen molar-refractivity contribution in [3.8, 4) is 11.4 Å². The standard InChI is InChI=1S/C11H11N3/c1-2-9-3-4-12-8-10(9)11-13-5-7-14(11)6-1/h3-5,7-8H,1-2,6H2. The Balaban J connectivity index is 2.27. The average molecular weight is 185 g/mol. The Morgan fingerprint density at radius 3 is 3.29 bits per heavy atom. The molecule has 3 nitrogen and oxygen atoms in total. The highest BCUT2D eigenvalue weighted by Gasteiger charge is 2.14. The van der Waals surface area contributed by atoms with E-state index in [2.05, 4.69) is 20.6 Å². The molecule has 0 spiro atoms. The SMILES string of the molecule is c1cc2c(cn1)-c1nccn1CCC2. The van der Waals surface area contributed by atoms with Crippen LogP contribution in [0.4, 0.5) is 0 Å². The van der Waals surface area contributed by atoms with Gasteiger partial charge in [0.1, 0.15) is 5.82 Å². The lowest BCUT2D eigenvalue weighted by atomic mass is 10.1. The van der Waals surface area contributed by atoms with E-state index in [1.165, 1.54) is 17.5 Å². The van der Waals surface area contributed by atoms with E-state index >= 15 is 0 Å². The molecule has 0 N–H and O–H groups in total. The average Bonchev–Trinajstić information content (AvgIpc) is 2.61. The molecule has 0 amide bonds. The minimum Gasteiger partial charge on any atom is -0.331 e. The van der Waals surface area contributed by atoms with Crippen LogP contribution in [0.2, 0.25) is 0 Å². The van der Waals surface area contributed by atoms with Gasteiger partial charge in [-0.2, -0.15) is 0 Å². The van der Waals surface area contributed by atoms with Crippen LogP contribution < -0.4 is 0 Å². The fraction of sp³-hybridized carbons (Fsp3) is 0.273. The summed E-state index contributed by atoms with van der Waals surface area (Å²) in [5.74, 6) is 1.06. The molecule has 0 saturated heterocycles. The first-order chi connectivity index (χ1) is 6.95. The summed E-state index contributed by atoms with van der Waals surface area (Å²) in [5.41, 5.74) is 2.56. The van der Waals surface area contributed by atoms with Gasteiger partial charge in [-0.25, -0.2) is 4.98 Å². The fourth-order valence-corrected chi connectivity index (χ4v) is 2.02. The first-order valence-corrected chi connectivity index (χ1v) is 4.89. The molecule has 0 unspecified atom stereocenters. The highest BCUT2D eigenvalue weighted by Crippen LogP contribution is 2.25. The van der Waals surface area contributed by atoms with Crippen LogP contribution >= 0.6 is 0 Å². The number of rotatable bonds is 0. The van der Waals surface area contributed by atoms with Gasteiger partial charge in [0.2, 0.25) is 0 Å². The predicted molar refractivity (Wildman–Crippen MR) is 53.8 cm³/mol. The number of imidazole rings is 1. The van der Waals surface area contributed by atoms with E-state index in [9.17, 15) is 0 Å². The predicted octanol–water partition coefficient (Wildman–Crippen LogP) is 1.89. The number of hydrogen-bond donors (Lipinski definition) is 0. The molecule has 14 heavy (non-hydrogen) atoms. The molecular formula is C11H11N3. The Morgan fingerprint density at radius 1 is 1.29 bits per heavy atom. The Kier molecular flexibility index (Phi) is 1.63. The minimum atomic E-state index is 1.06. The van der Waals surface area contributed by atoms with E-state index < -0.39 is 0 Å². The third-order valence-electron chi connectivity index (χ3n) is 2.71. The molecule has 0 bridgehead atoms. The van der Waals surface area contributed by atoms with Crippen LogP contribution in [-0.2, 0) is 13.0 Å². The lowest BCUT2D eigenvalue weighted by molar-refractivity contribution is 0.661. The summed E-state index contributed by atoms with van der Waals surface area (Å²) in [6.45, 7) is 1.06. The van der Waals surface area contributed by atoms with Crippen molar-refractivity contribution in [3.05, 3.63) is 36.4 Å². The van der Waals surface area contributed by atoms with E-state index in [0.717, 1.165) is 18.8 Å². The summed E-state index contributed by atoms with van der Waals surface area (Å²) in [5, 5.41) is 0. The molecule has 2 aromatic heterocycles. The second-order valence-electron chi connectivity index (χ2n) is 3.58. The molecule has 1 aliphatic rings. The number of pyridine rings is 1. The van der Waals surface area contributed by atoms with E-state index in [0.29, 0.717) is 0 Å². The highest BCUT2D eigenvalue weighted by atomic mass is 15.1. The summed E-state index contributed by atoms with van der Waals surface area (Å²) in [6, 6.07) is 2.10. The number of fused-ring (bicyclic) bond motifs is 3. The number of hydrogen-bond acceptors (Lipinski definition) is 2. The zero-order chi connectivity index (χ0) is 9.38. The summed E-state index contributed by atoms with van der Waals surface area (Å²) in [7, 11) is 0. The molecule has 70 valence electrons. The van der Waals surface area contributed by atoms with Crippen molar-refractivity contribution in [3.63, 3.8) is 0 Å². The quantitative estimate of drug-likeness (QED) is 0.627. The lowest BCUT2D eigenvalue weighted by Gasteiger charge is -2.03. The van der Waals surface area contributed by atoms with Gasteiger partial charge in [0.05, 0.1) is 0 Å². The number of aromatic nitrogens is 3. The second-order valence-corrected chi connectivity index (χ2v) is 3.58. The molecule has 0 saturated carbocycles. The van der Waals surface area contributed by atoms with Crippen LogP contribution in [0.25, 0.3) is 11.4 Å². The van der Waals surface area contributed by atoms with Crippen LogP contribution in [-0.4, -0.2) is 14.5 Å². The minimum absolute atomic E-state index is 1.06. The Morgan fingerprint density at radius 2 is 2.29 bits per heavy atom. The van der Waals surface area contributed by atoms with Gasteiger partial charge in [0.25, 0.3) is 0 Å². The maximum absolute atomic E-state index is 4.38. The summed E-state index contributed by atoms with van der Waals surface area (Å²) in [6.07, 6.45) is 9.98. The van der Waals surface area contributed by atoms with Crippen molar-refractivity contribution in [2.24, 2.45) is 0 Å². The smallest absolute Gasteiger partial charge is 0.141 e. The third kappa shape index (κ3) is 1.05. The molecule has 2 aromatic rings.